The van der Waals surface area contributed by atoms with Crippen molar-refractivity contribution in [2.24, 2.45) is 0 Å². The van der Waals surface area contributed by atoms with Crippen LogP contribution in [-0.2, 0) is 6.54 Å². The Balaban J connectivity index is 1.98. The molecule has 0 unspecified atom stereocenters. The van der Waals surface area contributed by atoms with Crippen molar-refractivity contribution in [3.63, 3.8) is 0 Å². The van der Waals surface area contributed by atoms with E-state index in [1.165, 1.54) is 5.56 Å². The number of hydrogen-bond donors (Lipinski definition) is 1. The van der Waals surface area contributed by atoms with Crippen LogP contribution in [0.25, 0.3) is 16.9 Å². The maximum atomic E-state index is 4.58. The Morgan fingerprint density at radius 1 is 1.24 bits per heavy atom. The molecule has 0 aliphatic carbocycles. The van der Waals surface area contributed by atoms with Crippen molar-refractivity contribution >= 4 is 11.0 Å². The molecule has 0 aliphatic rings. The molecular weight excluding hydrogens is 262 g/mol. The van der Waals surface area contributed by atoms with Crippen molar-refractivity contribution in [1.82, 2.24) is 25.1 Å². The molecule has 0 aliphatic heterocycles. The molecule has 108 valence electrons. The van der Waals surface area contributed by atoms with E-state index in [4.69, 9.17) is 0 Å². The van der Waals surface area contributed by atoms with Crippen LogP contribution >= 0.6 is 0 Å². The van der Waals surface area contributed by atoms with Gasteiger partial charge in [0.2, 0.25) is 0 Å². The number of rotatable bonds is 5. The highest BCUT2D eigenvalue weighted by atomic mass is 15.3. The molecule has 0 amide bonds. The smallest absolute Gasteiger partial charge is 0.164 e. The number of hydrogen-bond acceptors (Lipinski definition) is 4. The van der Waals surface area contributed by atoms with Crippen LogP contribution in [0.15, 0.2) is 36.7 Å². The van der Waals surface area contributed by atoms with Crippen molar-refractivity contribution in [1.29, 1.82) is 0 Å². The molecule has 0 saturated heterocycles. The molecule has 0 bridgehead atoms. The Bertz CT molecular complexity index is 733. The molecule has 0 fully saturated rings. The van der Waals surface area contributed by atoms with Crippen molar-refractivity contribution in [2.45, 2.75) is 26.8 Å². The average Bonchev–Trinajstić information content (AvgIpc) is 2.85. The van der Waals surface area contributed by atoms with E-state index in [0.29, 0.717) is 0 Å². The first-order valence-electron chi connectivity index (χ1n) is 7.26. The average molecular weight is 281 g/mol. The molecule has 0 aromatic carbocycles. The van der Waals surface area contributed by atoms with Gasteiger partial charge < -0.3 is 5.32 Å². The van der Waals surface area contributed by atoms with Gasteiger partial charge in [-0.15, -0.1) is 0 Å². The summed E-state index contributed by atoms with van der Waals surface area (Å²) in [7, 11) is 0. The normalized spacial score (nSPS) is 11.1. The highest BCUT2D eigenvalue weighted by molar-refractivity contribution is 5.79. The lowest BCUT2D eigenvalue weighted by Gasteiger charge is -2.04. The summed E-state index contributed by atoms with van der Waals surface area (Å²) in [5.41, 5.74) is 3.01. The Labute approximate surface area is 124 Å². The summed E-state index contributed by atoms with van der Waals surface area (Å²) in [5.74, 6) is 0.792. The van der Waals surface area contributed by atoms with Crippen molar-refractivity contribution in [2.75, 3.05) is 6.54 Å². The molecule has 0 atom stereocenters. The first-order chi connectivity index (χ1) is 10.3. The zero-order valence-electron chi connectivity index (χ0n) is 12.4. The van der Waals surface area contributed by atoms with Gasteiger partial charge in [-0.1, -0.05) is 13.0 Å². The van der Waals surface area contributed by atoms with Gasteiger partial charge in [0, 0.05) is 24.3 Å². The molecular formula is C16H19N5. The van der Waals surface area contributed by atoms with Gasteiger partial charge in [-0.2, -0.15) is 9.78 Å². The van der Waals surface area contributed by atoms with Gasteiger partial charge in [0.05, 0.1) is 5.69 Å². The van der Waals surface area contributed by atoms with Crippen LogP contribution < -0.4 is 5.32 Å². The monoisotopic (exact) mass is 281 g/mol. The van der Waals surface area contributed by atoms with Gasteiger partial charge in [-0.3, -0.25) is 0 Å². The maximum Gasteiger partial charge on any atom is 0.164 e. The first kappa shape index (κ1) is 13.7. The lowest BCUT2D eigenvalue weighted by atomic mass is 10.2. The van der Waals surface area contributed by atoms with E-state index < -0.39 is 0 Å². The summed E-state index contributed by atoms with van der Waals surface area (Å²) in [6.07, 6.45) is 4.80. The Kier molecular flexibility index (Phi) is 3.92. The van der Waals surface area contributed by atoms with E-state index in [-0.39, 0.29) is 0 Å². The predicted octanol–water partition coefficient (Wildman–Crippen LogP) is 2.62. The standard InChI is InChI=1S/C16H19N5/c1-3-7-17-10-13-9-14-12(2)20-21(16(14)19-11-13)15-6-4-5-8-18-15/h4-6,8-9,11,17H,3,7,10H2,1-2H3. The largest absolute Gasteiger partial charge is 0.313 e. The van der Waals surface area contributed by atoms with Crippen LogP contribution in [0.1, 0.15) is 24.6 Å². The maximum absolute atomic E-state index is 4.58. The molecule has 0 saturated carbocycles. The van der Waals surface area contributed by atoms with E-state index in [1.54, 1.807) is 10.9 Å². The predicted molar refractivity (Wildman–Crippen MR) is 83.4 cm³/mol. The molecule has 3 rings (SSSR count). The minimum atomic E-state index is 0.792. The minimum absolute atomic E-state index is 0.792. The van der Waals surface area contributed by atoms with Crippen molar-refractivity contribution in [3.8, 4) is 5.82 Å². The number of fused-ring (bicyclic) bond motifs is 1. The summed E-state index contributed by atoms with van der Waals surface area (Å²) in [5, 5.41) is 9.04. The van der Waals surface area contributed by atoms with Gasteiger partial charge >= 0.3 is 0 Å². The molecule has 1 N–H and O–H groups in total. The fraction of sp³-hybridized carbons (Fsp3) is 0.312. The Hall–Kier alpha value is -2.27. The molecule has 21 heavy (non-hydrogen) atoms. The van der Waals surface area contributed by atoms with Crippen LogP contribution in [0.4, 0.5) is 0 Å². The zero-order chi connectivity index (χ0) is 14.7. The van der Waals surface area contributed by atoms with Crippen molar-refractivity contribution < 1.29 is 0 Å². The van der Waals surface area contributed by atoms with E-state index in [1.807, 2.05) is 31.3 Å². The fourth-order valence-electron chi connectivity index (χ4n) is 2.33. The molecule has 0 radical (unpaired) electrons. The van der Waals surface area contributed by atoms with E-state index in [0.717, 1.165) is 42.1 Å². The summed E-state index contributed by atoms with van der Waals surface area (Å²) >= 11 is 0. The lowest BCUT2D eigenvalue weighted by Crippen LogP contribution is -2.13. The molecule has 3 heterocycles. The van der Waals surface area contributed by atoms with E-state index in [2.05, 4.69) is 33.4 Å². The third kappa shape index (κ3) is 2.78. The Morgan fingerprint density at radius 2 is 2.14 bits per heavy atom. The first-order valence-corrected chi connectivity index (χ1v) is 7.26. The van der Waals surface area contributed by atoms with Gasteiger partial charge in [-0.05, 0) is 43.7 Å². The molecule has 5 nitrogen and oxygen atoms in total. The van der Waals surface area contributed by atoms with Gasteiger partial charge in [-0.25, -0.2) is 9.97 Å². The van der Waals surface area contributed by atoms with Crippen LogP contribution in [0, 0.1) is 6.92 Å². The Morgan fingerprint density at radius 3 is 2.90 bits per heavy atom. The highest BCUT2D eigenvalue weighted by Gasteiger charge is 2.11. The number of pyridine rings is 2. The van der Waals surface area contributed by atoms with Gasteiger partial charge in [0.25, 0.3) is 0 Å². The number of aromatic nitrogens is 4. The van der Waals surface area contributed by atoms with Crippen molar-refractivity contribution in [3.05, 3.63) is 47.9 Å². The van der Waals surface area contributed by atoms with Crippen LogP contribution in [-0.4, -0.2) is 26.3 Å². The number of nitrogens with one attached hydrogen (secondary N) is 1. The van der Waals surface area contributed by atoms with E-state index in [9.17, 15) is 0 Å². The zero-order valence-corrected chi connectivity index (χ0v) is 12.4. The summed E-state index contributed by atoms with van der Waals surface area (Å²) < 4.78 is 1.80. The SMILES string of the molecule is CCCNCc1cnc2c(c1)c(C)nn2-c1ccccn1. The third-order valence-corrected chi connectivity index (χ3v) is 3.39. The summed E-state index contributed by atoms with van der Waals surface area (Å²) in [6, 6.07) is 7.94. The minimum Gasteiger partial charge on any atom is -0.313 e. The van der Waals surface area contributed by atoms with E-state index >= 15 is 0 Å². The molecule has 3 aromatic rings. The van der Waals surface area contributed by atoms with Crippen LogP contribution in [0.2, 0.25) is 0 Å². The second-order valence-corrected chi connectivity index (χ2v) is 5.08. The second-order valence-electron chi connectivity index (χ2n) is 5.08. The number of nitrogens with zero attached hydrogens (tertiary/aromatic N) is 4. The second kappa shape index (κ2) is 6.01. The van der Waals surface area contributed by atoms with Gasteiger partial charge in [0.1, 0.15) is 0 Å². The van der Waals surface area contributed by atoms with Crippen LogP contribution in [0.5, 0.6) is 0 Å². The van der Waals surface area contributed by atoms with Crippen LogP contribution in [0.3, 0.4) is 0 Å². The summed E-state index contributed by atoms with van der Waals surface area (Å²) in [4.78, 5) is 8.92. The fourth-order valence-corrected chi connectivity index (χ4v) is 2.33. The summed E-state index contributed by atoms with van der Waals surface area (Å²) in [6.45, 7) is 6.03. The number of aryl methyl sites for hydroxylation is 1. The topological polar surface area (TPSA) is 55.6 Å². The molecule has 3 aromatic heterocycles. The third-order valence-electron chi connectivity index (χ3n) is 3.39. The molecule has 0 spiro atoms. The highest BCUT2D eigenvalue weighted by Crippen LogP contribution is 2.20. The molecule has 5 heteroatoms. The quantitative estimate of drug-likeness (QED) is 0.730. The van der Waals surface area contributed by atoms with Gasteiger partial charge in [0.15, 0.2) is 11.5 Å². The lowest BCUT2D eigenvalue weighted by molar-refractivity contribution is 0.674.